The summed E-state index contributed by atoms with van der Waals surface area (Å²) >= 11 is 0. The van der Waals surface area contributed by atoms with Crippen LogP contribution in [0.1, 0.15) is 48.5 Å². The Bertz CT molecular complexity index is 679. The molecule has 2 bridgehead atoms. The van der Waals surface area contributed by atoms with Crippen LogP contribution in [0, 0.1) is 30.5 Å². The van der Waals surface area contributed by atoms with Crippen molar-refractivity contribution in [1.82, 2.24) is 0 Å². The van der Waals surface area contributed by atoms with E-state index >= 15 is 0 Å². The van der Waals surface area contributed by atoms with Crippen LogP contribution in [0.4, 0.5) is 4.39 Å². The minimum atomic E-state index is -0.236. The Balaban J connectivity index is 1.64. The van der Waals surface area contributed by atoms with Gasteiger partial charge in [0.15, 0.2) is 0 Å². The molecule has 0 heterocycles. The second-order valence-corrected chi connectivity index (χ2v) is 8.04. The normalized spacial score (nSPS) is 28.9. The lowest BCUT2D eigenvalue weighted by molar-refractivity contribution is -0.0784. The van der Waals surface area contributed by atoms with Crippen LogP contribution >= 0.6 is 0 Å². The molecule has 0 amide bonds. The van der Waals surface area contributed by atoms with E-state index in [1.54, 1.807) is 0 Å². The summed E-state index contributed by atoms with van der Waals surface area (Å²) in [7, 11) is 0. The van der Waals surface area contributed by atoms with Crippen LogP contribution in [0.2, 0.25) is 0 Å². The number of aliphatic hydroxyl groups is 1. The molecule has 1 N–H and O–H groups in total. The number of rotatable bonds is 5. The Morgan fingerprint density at radius 3 is 2.31 bits per heavy atom. The monoisotopic (exact) mass is 354 g/mol. The summed E-state index contributed by atoms with van der Waals surface area (Å²) in [6.45, 7) is 2.25. The van der Waals surface area contributed by atoms with Gasteiger partial charge in [0.2, 0.25) is 0 Å². The van der Waals surface area contributed by atoms with Crippen LogP contribution < -0.4 is 0 Å². The first-order valence-electron chi connectivity index (χ1n) is 9.72. The van der Waals surface area contributed by atoms with Gasteiger partial charge in [0.1, 0.15) is 11.9 Å². The summed E-state index contributed by atoms with van der Waals surface area (Å²) < 4.78 is 20.1. The van der Waals surface area contributed by atoms with E-state index in [-0.39, 0.29) is 30.5 Å². The minimum absolute atomic E-state index is 0.0580. The van der Waals surface area contributed by atoms with Gasteiger partial charge in [-0.15, -0.1) is 0 Å². The molecule has 2 aromatic carbocycles. The minimum Gasteiger partial charge on any atom is -0.396 e. The van der Waals surface area contributed by atoms with Crippen molar-refractivity contribution in [3.8, 4) is 0 Å². The molecular formula is C23H27FO2. The Morgan fingerprint density at radius 1 is 1.00 bits per heavy atom. The highest BCUT2D eigenvalue weighted by Gasteiger charge is 2.43. The van der Waals surface area contributed by atoms with Crippen LogP contribution in [-0.4, -0.2) is 17.8 Å². The van der Waals surface area contributed by atoms with Crippen molar-refractivity contribution in [2.24, 2.45) is 17.8 Å². The Kier molecular flexibility index (Phi) is 5.10. The summed E-state index contributed by atoms with van der Waals surface area (Å²) in [5.74, 6) is 1.28. The van der Waals surface area contributed by atoms with Crippen molar-refractivity contribution in [1.29, 1.82) is 0 Å². The number of ether oxygens (including phenoxy) is 1. The Labute approximate surface area is 155 Å². The van der Waals surface area contributed by atoms with E-state index in [4.69, 9.17) is 4.74 Å². The molecule has 0 spiro atoms. The standard InChI is InChI=1S/C23H27FO2/c1-15-2-5-17(6-3-15)23(18-8-10-20(24)11-9-18)26-22-13-16-4-7-19(12-16)21(22)14-25/h2-3,5-6,8-11,16,19,21-23,25H,4,7,12-14H2,1H3/t16?,19?,21-,22+,23?/m1/s1. The highest BCUT2D eigenvalue weighted by atomic mass is 19.1. The lowest BCUT2D eigenvalue weighted by Crippen LogP contribution is -2.37. The second kappa shape index (κ2) is 7.50. The molecule has 2 nitrogen and oxygen atoms in total. The highest BCUT2D eigenvalue weighted by molar-refractivity contribution is 5.32. The van der Waals surface area contributed by atoms with E-state index in [0.29, 0.717) is 5.92 Å². The number of halogens is 1. The molecule has 2 saturated carbocycles. The molecule has 138 valence electrons. The van der Waals surface area contributed by atoms with E-state index < -0.39 is 0 Å². The van der Waals surface area contributed by atoms with Crippen LogP contribution in [0.5, 0.6) is 0 Å². The molecular weight excluding hydrogens is 327 g/mol. The summed E-state index contributed by atoms with van der Waals surface area (Å²) in [6, 6.07) is 15.0. The van der Waals surface area contributed by atoms with Crippen LogP contribution in [0.25, 0.3) is 0 Å². The SMILES string of the molecule is Cc1ccc(C(O[C@H]2CC3CCC(C3)[C@H]2CO)c2ccc(F)cc2)cc1. The van der Waals surface area contributed by atoms with Gasteiger partial charge in [0, 0.05) is 12.5 Å². The molecule has 0 aliphatic heterocycles. The van der Waals surface area contributed by atoms with Crippen molar-refractivity contribution in [3.63, 3.8) is 0 Å². The van der Waals surface area contributed by atoms with Crippen molar-refractivity contribution < 1.29 is 14.2 Å². The van der Waals surface area contributed by atoms with Gasteiger partial charge < -0.3 is 9.84 Å². The highest BCUT2D eigenvalue weighted by Crippen LogP contribution is 2.47. The molecule has 3 unspecified atom stereocenters. The number of hydrogen-bond acceptors (Lipinski definition) is 2. The molecule has 2 fully saturated rings. The molecule has 2 aromatic rings. The first kappa shape index (κ1) is 17.7. The fraction of sp³-hybridized carbons (Fsp3) is 0.478. The molecule has 3 heteroatoms. The third kappa shape index (κ3) is 3.56. The van der Waals surface area contributed by atoms with Crippen molar-refractivity contribution >= 4 is 0 Å². The lowest BCUT2D eigenvalue weighted by Gasteiger charge is -2.38. The third-order valence-electron chi connectivity index (χ3n) is 6.31. The number of fused-ring (bicyclic) bond motifs is 2. The maximum atomic E-state index is 13.4. The topological polar surface area (TPSA) is 29.5 Å². The quantitative estimate of drug-likeness (QED) is 0.815. The van der Waals surface area contributed by atoms with E-state index in [2.05, 4.69) is 31.2 Å². The van der Waals surface area contributed by atoms with Crippen molar-refractivity contribution in [2.45, 2.75) is 44.8 Å². The predicted octanol–water partition coefficient (Wildman–Crippen LogP) is 5.04. The number of aryl methyl sites for hydroxylation is 1. The van der Waals surface area contributed by atoms with Gasteiger partial charge in [0.25, 0.3) is 0 Å². The Morgan fingerprint density at radius 2 is 1.65 bits per heavy atom. The van der Waals surface area contributed by atoms with Gasteiger partial charge in [-0.25, -0.2) is 4.39 Å². The molecule has 5 atom stereocenters. The van der Waals surface area contributed by atoms with E-state index in [1.165, 1.54) is 37.0 Å². The summed E-state index contributed by atoms with van der Waals surface area (Å²) in [6.07, 6.45) is 4.55. The zero-order chi connectivity index (χ0) is 18.1. The van der Waals surface area contributed by atoms with Crippen LogP contribution in [0.3, 0.4) is 0 Å². The number of aliphatic hydroxyl groups excluding tert-OH is 1. The largest absolute Gasteiger partial charge is 0.396 e. The van der Waals surface area contributed by atoms with E-state index in [0.717, 1.165) is 23.5 Å². The number of benzene rings is 2. The predicted molar refractivity (Wildman–Crippen MR) is 100 cm³/mol. The molecule has 26 heavy (non-hydrogen) atoms. The molecule has 0 saturated heterocycles. The zero-order valence-corrected chi connectivity index (χ0v) is 15.3. The van der Waals surface area contributed by atoms with Crippen molar-refractivity contribution in [3.05, 3.63) is 71.0 Å². The lowest BCUT2D eigenvalue weighted by atomic mass is 9.78. The second-order valence-electron chi connectivity index (χ2n) is 8.04. The first-order valence-corrected chi connectivity index (χ1v) is 9.72. The third-order valence-corrected chi connectivity index (χ3v) is 6.31. The van der Waals surface area contributed by atoms with Gasteiger partial charge in [-0.3, -0.25) is 0 Å². The van der Waals surface area contributed by atoms with Crippen molar-refractivity contribution in [2.75, 3.05) is 6.61 Å². The fourth-order valence-corrected chi connectivity index (χ4v) is 4.85. The molecule has 0 radical (unpaired) electrons. The van der Waals surface area contributed by atoms with Crippen LogP contribution in [0.15, 0.2) is 48.5 Å². The van der Waals surface area contributed by atoms with Gasteiger partial charge in [0.05, 0.1) is 6.10 Å². The maximum absolute atomic E-state index is 13.4. The summed E-state index contributed by atoms with van der Waals surface area (Å²) in [5.41, 5.74) is 3.25. The molecule has 0 aromatic heterocycles. The maximum Gasteiger partial charge on any atom is 0.123 e. The zero-order valence-electron chi connectivity index (χ0n) is 15.3. The van der Waals surface area contributed by atoms with E-state index in [9.17, 15) is 9.50 Å². The summed E-state index contributed by atoms with van der Waals surface area (Å²) in [5, 5.41) is 9.98. The van der Waals surface area contributed by atoms with Gasteiger partial charge >= 0.3 is 0 Å². The average Bonchev–Trinajstić information content (AvgIpc) is 3.03. The molecule has 2 aliphatic carbocycles. The molecule has 2 aliphatic rings. The van der Waals surface area contributed by atoms with Crippen LogP contribution in [-0.2, 0) is 4.74 Å². The molecule has 4 rings (SSSR count). The Hall–Kier alpha value is -1.71. The smallest absolute Gasteiger partial charge is 0.123 e. The first-order chi connectivity index (χ1) is 12.6. The number of hydrogen-bond donors (Lipinski definition) is 1. The average molecular weight is 354 g/mol. The van der Waals surface area contributed by atoms with Gasteiger partial charge in [-0.1, -0.05) is 48.4 Å². The van der Waals surface area contributed by atoms with E-state index in [1.807, 2.05) is 12.1 Å². The summed E-state index contributed by atoms with van der Waals surface area (Å²) in [4.78, 5) is 0. The fourth-order valence-electron chi connectivity index (χ4n) is 4.85. The van der Waals surface area contributed by atoms with Gasteiger partial charge in [-0.05, 0) is 61.3 Å². The van der Waals surface area contributed by atoms with Gasteiger partial charge in [-0.2, -0.15) is 0 Å².